The van der Waals surface area contributed by atoms with E-state index < -0.39 is 0 Å². The first kappa shape index (κ1) is 17.3. The van der Waals surface area contributed by atoms with Gasteiger partial charge in [-0.25, -0.2) is 9.97 Å². The van der Waals surface area contributed by atoms with Crippen LogP contribution in [-0.4, -0.2) is 21.4 Å². The number of nitrogens with zero attached hydrogens (tertiary/aromatic N) is 3. The fourth-order valence-corrected chi connectivity index (χ4v) is 3.70. The summed E-state index contributed by atoms with van der Waals surface area (Å²) in [6.45, 7) is 2.42. The van der Waals surface area contributed by atoms with Crippen molar-refractivity contribution in [2.24, 2.45) is 0 Å². The van der Waals surface area contributed by atoms with Crippen molar-refractivity contribution in [3.05, 3.63) is 75.5 Å². The van der Waals surface area contributed by atoms with Gasteiger partial charge in [-0.3, -0.25) is 4.90 Å². The number of anilines is 1. The number of rotatable bonds is 3. The molecule has 132 valence electrons. The first-order valence-electron chi connectivity index (χ1n) is 8.46. The molecule has 2 N–H and O–H groups in total. The van der Waals surface area contributed by atoms with Crippen LogP contribution in [0.1, 0.15) is 16.8 Å². The van der Waals surface area contributed by atoms with E-state index in [0.29, 0.717) is 10.0 Å². The maximum absolute atomic E-state index is 6.30. The quantitative estimate of drug-likeness (QED) is 0.670. The second-order valence-corrected chi connectivity index (χ2v) is 7.26. The molecule has 0 amide bonds. The lowest BCUT2D eigenvalue weighted by molar-refractivity contribution is 0.243. The predicted octanol–water partition coefficient (Wildman–Crippen LogP) is 4.59. The molecule has 3 aromatic rings. The Morgan fingerprint density at radius 2 is 1.77 bits per heavy atom. The van der Waals surface area contributed by atoms with E-state index in [9.17, 15) is 0 Å². The van der Waals surface area contributed by atoms with Crippen LogP contribution in [0.4, 0.5) is 5.69 Å². The Hall–Kier alpha value is -2.14. The van der Waals surface area contributed by atoms with Crippen LogP contribution in [0.5, 0.6) is 0 Å². The molecular weight excluding hydrogens is 367 g/mol. The molecule has 2 aromatic carbocycles. The number of nitrogen functional groups attached to an aromatic ring is 1. The summed E-state index contributed by atoms with van der Waals surface area (Å²) in [4.78, 5) is 11.6. The lowest BCUT2D eigenvalue weighted by atomic mass is 10.1. The van der Waals surface area contributed by atoms with Crippen LogP contribution in [-0.2, 0) is 19.5 Å². The molecule has 4 nitrogen and oxygen atoms in total. The van der Waals surface area contributed by atoms with E-state index >= 15 is 0 Å². The van der Waals surface area contributed by atoms with Gasteiger partial charge in [-0.1, -0.05) is 29.3 Å². The Bertz CT molecular complexity index is 921. The fourth-order valence-electron chi connectivity index (χ4n) is 3.19. The summed E-state index contributed by atoms with van der Waals surface area (Å²) >= 11 is 12.6. The van der Waals surface area contributed by atoms with Gasteiger partial charge >= 0.3 is 0 Å². The third kappa shape index (κ3) is 3.54. The first-order valence-corrected chi connectivity index (χ1v) is 9.21. The number of benzene rings is 2. The molecule has 0 fully saturated rings. The summed E-state index contributed by atoms with van der Waals surface area (Å²) in [6, 6.07) is 13.3. The van der Waals surface area contributed by atoms with Gasteiger partial charge in [-0.2, -0.15) is 0 Å². The predicted molar refractivity (Wildman–Crippen MR) is 106 cm³/mol. The Morgan fingerprint density at radius 1 is 1.04 bits per heavy atom. The topological polar surface area (TPSA) is 55.0 Å². The number of aromatic nitrogens is 2. The lowest BCUT2D eigenvalue weighted by Crippen LogP contribution is -2.31. The van der Waals surface area contributed by atoms with Gasteiger partial charge < -0.3 is 5.73 Å². The summed E-state index contributed by atoms with van der Waals surface area (Å²) in [5.41, 5.74) is 10.7. The van der Waals surface area contributed by atoms with Gasteiger partial charge in [0.25, 0.3) is 0 Å². The number of halogens is 2. The molecular formula is C20H18Cl2N4. The van der Waals surface area contributed by atoms with Gasteiger partial charge in [0.1, 0.15) is 0 Å². The molecule has 1 aliphatic rings. The summed E-state index contributed by atoms with van der Waals surface area (Å²) in [5.74, 6) is 0.742. The fraction of sp³-hybridized carbons (Fsp3) is 0.200. The van der Waals surface area contributed by atoms with Crippen LogP contribution in [0.15, 0.2) is 48.7 Å². The zero-order valence-electron chi connectivity index (χ0n) is 14.1. The molecule has 26 heavy (non-hydrogen) atoms. The molecule has 0 aliphatic carbocycles. The van der Waals surface area contributed by atoms with E-state index in [1.165, 1.54) is 0 Å². The number of hydrogen-bond acceptors (Lipinski definition) is 4. The normalized spacial score (nSPS) is 14.2. The minimum absolute atomic E-state index is 0.707. The van der Waals surface area contributed by atoms with Gasteiger partial charge in [-0.15, -0.1) is 0 Å². The van der Waals surface area contributed by atoms with Crippen LogP contribution in [0.3, 0.4) is 0 Å². The molecule has 0 unspecified atom stereocenters. The Balaban J connectivity index is 1.54. The molecule has 4 rings (SSSR count). The molecule has 0 radical (unpaired) electrons. The van der Waals surface area contributed by atoms with Crippen molar-refractivity contribution in [3.63, 3.8) is 0 Å². The zero-order valence-corrected chi connectivity index (χ0v) is 15.6. The van der Waals surface area contributed by atoms with Crippen molar-refractivity contribution in [1.82, 2.24) is 14.9 Å². The SMILES string of the molecule is Nc1ccc(-c2ncc3c(n2)CCN(Cc2c(Cl)cccc2Cl)C3)cc1. The molecule has 1 aromatic heterocycles. The van der Waals surface area contributed by atoms with E-state index in [2.05, 4.69) is 9.88 Å². The van der Waals surface area contributed by atoms with Crippen molar-refractivity contribution >= 4 is 28.9 Å². The zero-order chi connectivity index (χ0) is 18.1. The molecule has 0 bridgehead atoms. The summed E-state index contributed by atoms with van der Waals surface area (Å²) in [7, 11) is 0. The van der Waals surface area contributed by atoms with E-state index in [0.717, 1.165) is 60.0 Å². The average Bonchev–Trinajstić information content (AvgIpc) is 2.65. The maximum Gasteiger partial charge on any atom is 0.159 e. The van der Waals surface area contributed by atoms with Crippen LogP contribution in [0.25, 0.3) is 11.4 Å². The van der Waals surface area contributed by atoms with Crippen LogP contribution in [0.2, 0.25) is 10.0 Å². The lowest BCUT2D eigenvalue weighted by Gasteiger charge is -2.28. The molecule has 0 saturated carbocycles. The van der Waals surface area contributed by atoms with E-state index in [4.69, 9.17) is 33.9 Å². The summed E-state index contributed by atoms with van der Waals surface area (Å²) in [6.07, 6.45) is 2.80. The van der Waals surface area contributed by atoms with E-state index in [1.807, 2.05) is 48.7 Å². The molecule has 0 spiro atoms. The van der Waals surface area contributed by atoms with Gasteiger partial charge in [0.05, 0.1) is 5.69 Å². The Kier molecular flexibility index (Phi) is 4.81. The minimum Gasteiger partial charge on any atom is -0.399 e. The third-order valence-electron chi connectivity index (χ3n) is 4.63. The average molecular weight is 385 g/mol. The third-order valence-corrected chi connectivity index (χ3v) is 5.33. The monoisotopic (exact) mass is 384 g/mol. The van der Waals surface area contributed by atoms with Crippen molar-refractivity contribution in [1.29, 1.82) is 0 Å². The highest BCUT2D eigenvalue weighted by Gasteiger charge is 2.20. The second-order valence-electron chi connectivity index (χ2n) is 6.45. The highest BCUT2D eigenvalue weighted by molar-refractivity contribution is 6.35. The Labute approximate surface area is 162 Å². The van der Waals surface area contributed by atoms with Crippen molar-refractivity contribution < 1.29 is 0 Å². The standard InChI is InChI=1S/C20H18Cl2N4/c21-17-2-1-3-18(22)16(17)12-26-9-8-19-14(11-26)10-24-20(25-19)13-4-6-15(23)7-5-13/h1-7,10H,8-9,11-12,23H2. The van der Waals surface area contributed by atoms with Crippen LogP contribution >= 0.6 is 23.2 Å². The molecule has 6 heteroatoms. The second kappa shape index (κ2) is 7.23. The van der Waals surface area contributed by atoms with Crippen LogP contribution in [0, 0.1) is 0 Å². The number of hydrogen-bond donors (Lipinski definition) is 1. The highest BCUT2D eigenvalue weighted by Crippen LogP contribution is 2.28. The Morgan fingerprint density at radius 3 is 2.50 bits per heavy atom. The molecule has 0 atom stereocenters. The summed E-state index contributed by atoms with van der Waals surface area (Å²) in [5, 5.41) is 1.41. The van der Waals surface area contributed by atoms with Crippen molar-refractivity contribution in [2.45, 2.75) is 19.5 Å². The number of fused-ring (bicyclic) bond motifs is 1. The summed E-state index contributed by atoms with van der Waals surface area (Å²) < 4.78 is 0. The van der Waals surface area contributed by atoms with Gasteiger partial charge in [-0.05, 0) is 36.4 Å². The largest absolute Gasteiger partial charge is 0.399 e. The molecule has 1 aliphatic heterocycles. The van der Waals surface area contributed by atoms with Crippen molar-refractivity contribution in [3.8, 4) is 11.4 Å². The molecule has 2 heterocycles. The number of nitrogens with two attached hydrogens (primary N) is 1. The van der Waals surface area contributed by atoms with Gasteiger partial charge in [0.15, 0.2) is 5.82 Å². The van der Waals surface area contributed by atoms with Crippen molar-refractivity contribution in [2.75, 3.05) is 12.3 Å². The highest BCUT2D eigenvalue weighted by atomic mass is 35.5. The molecule has 0 saturated heterocycles. The first-order chi connectivity index (χ1) is 12.6. The van der Waals surface area contributed by atoms with Crippen LogP contribution < -0.4 is 5.73 Å². The van der Waals surface area contributed by atoms with Gasteiger partial charge in [0.2, 0.25) is 0 Å². The minimum atomic E-state index is 0.707. The maximum atomic E-state index is 6.30. The van der Waals surface area contributed by atoms with Gasteiger partial charge in [0, 0.05) is 64.7 Å². The van der Waals surface area contributed by atoms with E-state index in [1.54, 1.807) is 0 Å². The van der Waals surface area contributed by atoms with E-state index in [-0.39, 0.29) is 0 Å². The smallest absolute Gasteiger partial charge is 0.159 e.